The third kappa shape index (κ3) is 9.44. The fourth-order valence-corrected chi connectivity index (χ4v) is 1.85. The number of halogens is 2. The summed E-state index contributed by atoms with van der Waals surface area (Å²) >= 11 is 3.33. The van der Waals surface area contributed by atoms with Crippen LogP contribution in [0.15, 0.2) is 28.7 Å². The standard InChI is InChI=1S/C14H20BrN3O2.ClH/c1-16-9-2-3-13(19)17-10-8-14(20)18-12-6-4-11(15)5-7-12;/h4-7,16H,2-3,8-10H2,1H3,(H,17,19)(H,18,20);1H. The molecule has 2 amide bonds. The molecule has 1 aromatic rings. The van der Waals surface area contributed by atoms with Crippen molar-refractivity contribution in [2.24, 2.45) is 0 Å². The summed E-state index contributed by atoms with van der Waals surface area (Å²) in [5.41, 5.74) is 0.749. The molecule has 0 fully saturated rings. The zero-order chi connectivity index (χ0) is 14.8. The Morgan fingerprint density at radius 3 is 2.33 bits per heavy atom. The first-order chi connectivity index (χ1) is 9.61. The highest BCUT2D eigenvalue weighted by Crippen LogP contribution is 2.14. The molecule has 1 aromatic carbocycles. The van der Waals surface area contributed by atoms with E-state index in [1.165, 1.54) is 0 Å². The van der Waals surface area contributed by atoms with Gasteiger partial charge in [-0.2, -0.15) is 0 Å². The predicted octanol–water partition coefficient (Wildman–Crippen LogP) is 2.32. The number of nitrogens with one attached hydrogen (secondary N) is 3. The van der Waals surface area contributed by atoms with E-state index >= 15 is 0 Å². The highest BCUT2D eigenvalue weighted by Gasteiger charge is 2.04. The van der Waals surface area contributed by atoms with Crippen LogP contribution in [0.2, 0.25) is 0 Å². The molecule has 0 aromatic heterocycles. The van der Waals surface area contributed by atoms with Crippen LogP contribution in [0.5, 0.6) is 0 Å². The maximum absolute atomic E-state index is 11.7. The molecule has 5 nitrogen and oxygen atoms in total. The summed E-state index contributed by atoms with van der Waals surface area (Å²) in [5, 5.41) is 8.49. The van der Waals surface area contributed by atoms with E-state index in [0.717, 1.165) is 23.1 Å². The predicted molar refractivity (Wildman–Crippen MR) is 90.8 cm³/mol. The van der Waals surface area contributed by atoms with Crippen molar-refractivity contribution in [3.05, 3.63) is 28.7 Å². The lowest BCUT2D eigenvalue weighted by molar-refractivity contribution is -0.121. The van der Waals surface area contributed by atoms with Gasteiger partial charge in [0.15, 0.2) is 0 Å². The molecule has 0 atom stereocenters. The first kappa shape index (κ1) is 19.9. The van der Waals surface area contributed by atoms with Gasteiger partial charge in [0.25, 0.3) is 0 Å². The van der Waals surface area contributed by atoms with E-state index < -0.39 is 0 Å². The molecule has 0 aliphatic heterocycles. The number of anilines is 1. The summed E-state index contributed by atoms with van der Waals surface area (Å²) in [6.07, 6.45) is 1.55. The van der Waals surface area contributed by atoms with E-state index in [1.807, 2.05) is 31.3 Å². The van der Waals surface area contributed by atoms with E-state index in [9.17, 15) is 9.59 Å². The molecule has 7 heteroatoms. The molecule has 0 saturated heterocycles. The van der Waals surface area contributed by atoms with E-state index in [4.69, 9.17) is 0 Å². The zero-order valence-electron chi connectivity index (χ0n) is 11.9. The Labute approximate surface area is 139 Å². The quantitative estimate of drug-likeness (QED) is 0.608. The zero-order valence-corrected chi connectivity index (χ0v) is 14.4. The minimum absolute atomic E-state index is 0. The van der Waals surface area contributed by atoms with Gasteiger partial charge >= 0.3 is 0 Å². The molecule has 3 N–H and O–H groups in total. The molecule has 0 radical (unpaired) electrons. The lowest BCUT2D eigenvalue weighted by Gasteiger charge is -2.07. The highest BCUT2D eigenvalue weighted by atomic mass is 79.9. The Kier molecular flexibility index (Phi) is 10.9. The second kappa shape index (κ2) is 11.5. The minimum atomic E-state index is -0.108. The lowest BCUT2D eigenvalue weighted by atomic mass is 10.3. The van der Waals surface area contributed by atoms with E-state index in [0.29, 0.717) is 13.0 Å². The molecule has 0 aliphatic rings. The maximum atomic E-state index is 11.7. The summed E-state index contributed by atoms with van der Waals surface area (Å²) in [6, 6.07) is 7.36. The number of hydrogen-bond acceptors (Lipinski definition) is 3. The summed E-state index contributed by atoms with van der Waals surface area (Å²) in [7, 11) is 1.85. The second-order valence-electron chi connectivity index (χ2n) is 4.36. The van der Waals surface area contributed by atoms with Crippen molar-refractivity contribution in [3.63, 3.8) is 0 Å². The molecular formula is C14H21BrClN3O2. The van der Waals surface area contributed by atoms with E-state index in [-0.39, 0.29) is 30.6 Å². The third-order valence-electron chi connectivity index (χ3n) is 2.63. The Balaban J connectivity index is 0.00000400. The molecular weight excluding hydrogens is 358 g/mol. The van der Waals surface area contributed by atoms with Crippen LogP contribution in [0, 0.1) is 0 Å². The maximum Gasteiger partial charge on any atom is 0.226 e. The van der Waals surface area contributed by atoms with E-state index in [2.05, 4.69) is 31.9 Å². The molecule has 118 valence electrons. The summed E-state index contributed by atoms with van der Waals surface area (Å²) in [5.74, 6) is -0.125. The molecule has 21 heavy (non-hydrogen) atoms. The third-order valence-corrected chi connectivity index (χ3v) is 3.16. The van der Waals surface area contributed by atoms with Gasteiger partial charge in [0.1, 0.15) is 0 Å². The smallest absolute Gasteiger partial charge is 0.226 e. The van der Waals surface area contributed by atoms with Crippen molar-refractivity contribution in [2.75, 3.05) is 25.5 Å². The van der Waals surface area contributed by atoms with Crippen molar-refractivity contribution in [1.82, 2.24) is 10.6 Å². The molecule has 0 aliphatic carbocycles. The number of carbonyl (C=O) groups is 2. The normalized spacial score (nSPS) is 9.62. The topological polar surface area (TPSA) is 70.2 Å². The number of hydrogen-bond donors (Lipinski definition) is 3. The first-order valence-corrected chi connectivity index (χ1v) is 7.38. The summed E-state index contributed by atoms with van der Waals surface area (Å²) in [4.78, 5) is 23.1. The number of amides is 2. The van der Waals surface area contributed by atoms with Crippen molar-refractivity contribution in [1.29, 1.82) is 0 Å². The van der Waals surface area contributed by atoms with Gasteiger partial charge in [-0.05, 0) is 44.3 Å². The number of rotatable bonds is 8. The lowest BCUT2D eigenvalue weighted by Crippen LogP contribution is -2.28. The Morgan fingerprint density at radius 1 is 1.05 bits per heavy atom. The van der Waals surface area contributed by atoms with Crippen LogP contribution in [-0.2, 0) is 9.59 Å². The van der Waals surface area contributed by atoms with Crippen molar-refractivity contribution < 1.29 is 9.59 Å². The van der Waals surface area contributed by atoms with Gasteiger partial charge in [0, 0.05) is 29.5 Å². The highest BCUT2D eigenvalue weighted by molar-refractivity contribution is 9.10. The molecule has 0 unspecified atom stereocenters. The van der Waals surface area contributed by atoms with Gasteiger partial charge < -0.3 is 16.0 Å². The molecule has 0 bridgehead atoms. The van der Waals surface area contributed by atoms with Gasteiger partial charge in [0.2, 0.25) is 11.8 Å². The van der Waals surface area contributed by atoms with Crippen molar-refractivity contribution >= 4 is 45.8 Å². The Morgan fingerprint density at radius 2 is 1.71 bits per heavy atom. The number of carbonyl (C=O) groups excluding carboxylic acids is 2. The van der Waals surface area contributed by atoms with Crippen LogP contribution in [0.25, 0.3) is 0 Å². The van der Waals surface area contributed by atoms with Crippen LogP contribution >= 0.6 is 28.3 Å². The average Bonchev–Trinajstić information content (AvgIpc) is 2.42. The fourth-order valence-electron chi connectivity index (χ4n) is 1.59. The second-order valence-corrected chi connectivity index (χ2v) is 5.28. The summed E-state index contributed by atoms with van der Waals surface area (Å²) in [6.45, 7) is 1.18. The SMILES string of the molecule is CNCCCC(=O)NCCC(=O)Nc1ccc(Br)cc1.Cl. The molecule has 0 spiro atoms. The average molecular weight is 379 g/mol. The van der Waals surface area contributed by atoms with Crippen LogP contribution in [-0.4, -0.2) is 32.0 Å². The minimum Gasteiger partial charge on any atom is -0.356 e. The van der Waals surface area contributed by atoms with Crippen LogP contribution in [0.1, 0.15) is 19.3 Å². The van der Waals surface area contributed by atoms with Crippen LogP contribution < -0.4 is 16.0 Å². The van der Waals surface area contributed by atoms with Gasteiger partial charge in [-0.25, -0.2) is 0 Å². The van der Waals surface area contributed by atoms with Crippen LogP contribution in [0.4, 0.5) is 5.69 Å². The van der Waals surface area contributed by atoms with Crippen molar-refractivity contribution in [2.45, 2.75) is 19.3 Å². The summed E-state index contributed by atoms with van der Waals surface area (Å²) < 4.78 is 0.962. The monoisotopic (exact) mass is 377 g/mol. The molecule has 0 saturated carbocycles. The molecule has 1 rings (SSSR count). The van der Waals surface area contributed by atoms with Crippen molar-refractivity contribution in [3.8, 4) is 0 Å². The Hall–Kier alpha value is -1.11. The molecule has 0 heterocycles. The first-order valence-electron chi connectivity index (χ1n) is 6.58. The van der Waals surface area contributed by atoms with Crippen LogP contribution in [0.3, 0.4) is 0 Å². The fraction of sp³-hybridized carbons (Fsp3) is 0.429. The van der Waals surface area contributed by atoms with Gasteiger partial charge in [-0.15, -0.1) is 12.4 Å². The largest absolute Gasteiger partial charge is 0.356 e. The van der Waals surface area contributed by atoms with Gasteiger partial charge in [-0.3, -0.25) is 9.59 Å². The van der Waals surface area contributed by atoms with Gasteiger partial charge in [0.05, 0.1) is 0 Å². The van der Waals surface area contributed by atoms with E-state index in [1.54, 1.807) is 0 Å². The van der Waals surface area contributed by atoms with Gasteiger partial charge in [-0.1, -0.05) is 15.9 Å². The number of benzene rings is 1. The Bertz CT molecular complexity index is 440.